The standard InChI is InChI=1S/C33H46N2/c1-31(2,3)35(6)26-13-16-32(4)25(20-26)9-10-27-29-12-11-28(33(29,5)17-14-30(27)32)23-8-7-22-15-18-34-21-24(22)19-23/h7-8,11,15,18-19,21,25-27,29-30H,9-10,12-14,16-17,20H2,1-6H3/t25-,26-,27-,29-,30-,32-,33+/m0/s1. The number of benzene rings is 1. The van der Waals surface area contributed by atoms with E-state index in [9.17, 15) is 0 Å². The molecule has 0 unspecified atom stereocenters. The molecule has 3 saturated carbocycles. The number of nitrogens with zero attached hydrogens (tertiary/aromatic N) is 2. The maximum absolute atomic E-state index is 4.39. The van der Waals surface area contributed by atoms with Crippen LogP contribution in [0.5, 0.6) is 0 Å². The predicted octanol–water partition coefficient (Wildman–Crippen LogP) is 8.37. The summed E-state index contributed by atoms with van der Waals surface area (Å²) in [5, 5.41) is 2.57. The van der Waals surface area contributed by atoms with E-state index in [-0.39, 0.29) is 5.54 Å². The van der Waals surface area contributed by atoms with E-state index in [0.29, 0.717) is 10.8 Å². The molecule has 0 N–H and O–H groups in total. The quantitative estimate of drug-likeness (QED) is 0.438. The second-order valence-electron chi connectivity index (χ2n) is 14.1. The zero-order valence-corrected chi connectivity index (χ0v) is 23.0. The summed E-state index contributed by atoms with van der Waals surface area (Å²) >= 11 is 0. The van der Waals surface area contributed by atoms with Crippen molar-refractivity contribution in [2.24, 2.45) is 34.5 Å². The first kappa shape index (κ1) is 23.7. The number of fused-ring (bicyclic) bond motifs is 6. The number of hydrogen-bond donors (Lipinski definition) is 0. The number of pyridine rings is 1. The Bertz CT molecular complexity index is 1140. The van der Waals surface area contributed by atoms with E-state index in [1.807, 2.05) is 12.4 Å². The molecular weight excluding hydrogens is 424 g/mol. The summed E-state index contributed by atoms with van der Waals surface area (Å²) in [7, 11) is 2.37. The number of hydrogen-bond acceptors (Lipinski definition) is 2. The second kappa shape index (κ2) is 8.17. The predicted molar refractivity (Wildman–Crippen MR) is 148 cm³/mol. The molecule has 2 nitrogen and oxygen atoms in total. The Morgan fingerprint density at radius 3 is 2.57 bits per heavy atom. The van der Waals surface area contributed by atoms with Gasteiger partial charge in [-0.05, 0) is 142 Å². The van der Waals surface area contributed by atoms with Crippen molar-refractivity contribution in [2.45, 2.75) is 97.6 Å². The zero-order valence-electron chi connectivity index (χ0n) is 23.0. The van der Waals surface area contributed by atoms with Crippen LogP contribution in [0.15, 0.2) is 42.7 Å². The van der Waals surface area contributed by atoms with Gasteiger partial charge in [-0.1, -0.05) is 32.1 Å². The molecule has 1 aromatic carbocycles. The molecule has 0 bridgehead atoms. The molecule has 0 aliphatic heterocycles. The van der Waals surface area contributed by atoms with Crippen LogP contribution in [0.2, 0.25) is 0 Å². The summed E-state index contributed by atoms with van der Waals surface area (Å²) < 4.78 is 0. The van der Waals surface area contributed by atoms with Gasteiger partial charge in [0.25, 0.3) is 0 Å². The molecule has 188 valence electrons. The third kappa shape index (κ3) is 3.64. The third-order valence-electron chi connectivity index (χ3n) is 11.8. The summed E-state index contributed by atoms with van der Waals surface area (Å²) in [5.74, 6) is 3.57. The molecular formula is C33H46N2. The van der Waals surface area contributed by atoms with Gasteiger partial charge in [-0.3, -0.25) is 9.88 Å². The molecule has 4 aliphatic carbocycles. The van der Waals surface area contributed by atoms with Gasteiger partial charge in [-0.2, -0.15) is 0 Å². The Balaban J connectivity index is 1.23. The molecule has 6 rings (SSSR count). The average molecular weight is 471 g/mol. The zero-order chi connectivity index (χ0) is 24.6. The second-order valence-corrected chi connectivity index (χ2v) is 14.1. The molecule has 3 fully saturated rings. The maximum atomic E-state index is 4.39. The maximum Gasteiger partial charge on any atom is 0.0346 e. The van der Waals surface area contributed by atoms with Crippen molar-refractivity contribution >= 4 is 16.3 Å². The first-order valence-electron chi connectivity index (χ1n) is 14.4. The van der Waals surface area contributed by atoms with Gasteiger partial charge in [0.05, 0.1) is 0 Å². The lowest BCUT2D eigenvalue weighted by Crippen LogP contribution is -2.56. The number of allylic oxidation sites excluding steroid dienone is 2. The van der Waals surface area contributed by atoms with E-state index >= 15 is 0 Å². The van der Waals surface area contributed by atoms with Crippen LogP contribution in [0, 0.1) is 34.5 Å². The van der Waals surface area contributed by atoms with E-state index in [4.69, 9.17) is 0 Å². The van der Waals surface area contributed by atoms with E-state index < -0.39 is 0 Å². The first-order chi connectivity index (χ1) is 16.6. The van der Waals surface area contributed by atoms with Crippen LogP contribution in [-0.2, 0) is 0 Å². The highest BCUT2D eigenvalue weighted by atomic mass is 15.2. The summed E-state index contributed by atoms with van der Waals surface area (Å²) in [6, 6.07) is 9.97. The van der Waals surface area contributed by atoms with Crippen molar-refractivity contribution in [3.63, 3.8) is 0 Å². The van der Waals surface area contributed by atoms with Gasteiger partial charge in [0.2, 0.25) is 0 Å². The van der Waals surface area contributed by atoms with E-state index in [2.05, 4.69) is 81.9 Å². The molecule has 4 aliphatic rings. The van der Waals surface area contributed by atoms with Crippen LogP contribution in [0.3, 0.4) is 0 Å². The molecule has 0 radical (unpaired) electrons. The van der Waals surface area contributed by atoms with E-state index in [0.717, 1.165) is 29.7 Å². The lowest BCUT2D eigenvalue weighted by molar-refractivity contribution is -0.112. The normalized spacial score (nSPS) is 39.2. The molecule has 1 aromatic heterocycles. The SMILES string of the molecule is CN([C@H]1CC[C@@]2(C)[C@@H](CC[C@@H]3[C@@H]2CC[C@]2(C)C(c4ccc5ccncc5c4)=CC[C@@H]32)C1)C(C)(C)C. The summed E-state index contributed by atoms with van der Waals surface area (Å²) in [5.41, 5.74) is 4.24. The highest BCUT2D eigenvalue weighted by Crippen LogP contribution is 2.67. The average Bonchev–Trinajstić information content (AvgIpc) is 3.19. The molecule has 35 heavy (non-hydrogen) atoms. The number of rotatable bonds is 2. The van der Waals surface area contributed by atoms with Gasteiger partial charge >= 0.3 is 0 Å². The number of aromatic nitrogens is 1. The fraction of sp³-hybridized carbons (Fsp3) is 0.667. The van der Waals surface area contributed by atoms with E-state index in [1.165, 1.54) is 67.7 Å². The van der Waals surface area contributed by atoms with Crippen molar-refractivity contribution in [3.05, 3.63) is 48.3 Å². The van der Waals surface area contributed by atoms with Gasteiger partial charge in [0.1, 0.15) is 0 Å². The third-order valence-corrected chi connectivity index (χ3v) is 11.8. The van der Waals surface area contributed by atoms with Crippen molar-refractivity contribution < 1.29 is 0 Å². The van der Waals surface area contributed by atoms with Crippen molar-refractivity contribution in [1.29, 1.82) is 0 Å². The molecule has 7 atom stereocenters. The lowest BCUT2D eigenvalue weighted by Gasteiger charge is -2.62. The fourth-order valence-electron chi connectivity index (χ4n) is 9.40. The minimum atomic E-state index is 0.271. The Hall–Kier alpha value is -1.67. The van der Waals surface area contributed by atoms with Gasteiger partial charge in [0, 0.05) is 29.4 Å². The molecule has 2 aromatic rings. The highest BCUT2D eigenvalue weighted by Gasteiger charge is 2.59. The first-order valence-corrected chi connectivity index (χ1v) is 14.4. The Kier molecular flexibility index (Phi) is 5.53. The molecule has 2 heteroatoms. The minimum Gasteiger partial charge on any atom is -0.299 e. The van der Waals surface area contributed by atoms with E-state index in [1.54, 1.807) is 5.57 Å². The van der Waals surface area contributed by atoms with Crippen molar-refractivity contribution in [1.82, 2.24) is 9.88 Å². The van der Waals surface area contributed by atoms with Crippen LogP contribution in [0.1, 0.15) is 91.5 Å². The van der Waals surface area contributed by atoms with Crippen LogP contribution in [0.25, 0.3) is 16.3 Å². The van der Waals surface area contributed by atoms with Gasteiger partial charge in [-0.15, -0.1) is 0 Å². The summed E-state index contributed by atoms with van der Waals surface area (Å²) in [4.78, 5) is 7.07. The molecule has 0 saturated heterocycles. The smallest absolute Gasteiger partial charge is 0.0346 e. The molecule has 0 spiro atoms. The van der Waals surface area contributed by atoms with Crippen LogP contribution >= 0.6 is 0 Å². The van der Waals surface area contributed by atoms with Gasteiger partial charge < -0.3 is 0 Å². The highest BCUT2D eigenvalue weighted by molar-refractivity contribution is 5.86. The van der Waals surface area contributed by atoms with Crippen molar-refractivity contribution in [2.75, 3.05) is 7.05 Å². The largest absolute Gasteiger partial charge is 0.299 e. The van der Waals surface area contributed by atoms with Gasteiger partial charge in [-0.25, -0.2) is 0 Å². The summed E-state index contributed by atoms with van der Waals surface area (Å²) in [6.45, 7) is 12.5. The Labute approximate surface area is 213 Å². The Morgan fingerprint density at radius 1 is 0.943 bits per heavy atom. The minimum absolute atomic E-state index is 0.271. The monoisotopic (exact) mass is 470 g/mol. The van der Waals surface area contributed by atoms with Gasteiger partial charge in [0.15, 0.2) is 0 Å². The lowest BCUT2D eigenvalue weighted by atomic mass is 9.44. The van der Waals surface area contributed by atoms with Crippen LogP contribution in [-0.4, -0.2) is 28.5 Å². The van der Waals surface area contributed by atoms with Crippen LogP contribution in [0.4, 0.5) is 0 Å². The molecule has 1 heterocycles. The molecule has 0 amide bonds. The summed E-state index contributed by atoms with van der Waals surface area (Å²) in [6.07, 6.45) is 17.8. The van der Waals surface area contributed by atoms with Crippen LogP contribution < -0.4 is 0 Å². The topological polar surface area (TPSA) is 16.1 Å². The van der Waals surface area contributed by atoms with Crippen molar-refractivity contribution in [3.8, 4) is 0 Å². The fourth-order valence-corrected chi connectivity index (χ4v) is 9.40. The Morgan fingerprint density at radius 2 is 1.77 bits per heavy atom.